The van der Waals surface area contributed by atoms with Crippen molar-refractivity contribution in [1.82, 2.24) is 4.98 Å². The third kappa shape index (κ3) is 3.47. The third-order valence-electron chi connectivity index (χ3n) is 6.26. The van der Waals surface area contributed by atoms with Gasteiger partial charge in [0.25, 0.3) is 5.91 Å². The van der Waals surface area contributed by atoms with Gasteiger partial charge in [0.1, 0.15) is 11.1 Å². The van der Waals surface area contributed by atoms with E-state index in [2.05, 4.69) is 18.3 Å². The summed E-state index contributed by atoms with van der Waals surface area (Å²) in [4.78, 5) is 19.7. The van der Waals surface area contributed by atoms with Gasteiger partial charge in [-0.25, -0.2) is 4.98 Å². The molecule has 2 aromatic carbocycles. The van der Waals surface area contributed by atoms with Gasteiger partial charge in [-0.15, -0.1) is 11.3 Å². The highest BCUT2D eigenvalue weighted by Crippen LogP contribution is 2.40. The minimum atomic E-state index is -0.193. The number of hydrogen-bond donors (Lipinski definition) is 1. The summed E-state index contributed by atoms with van der Waals surface area (Å²) in [5.74, 6) is 0.414. The van der Waals surface area contributed by atoms with Gasteiger partial charge in [-0.2, -0.15) is 5.26 Å². The van der Waals surface area contributed by atoms with Gasteiger partial charge in [0.05, 0.1) is 22.3 Å². The van der Waals surface area contributed by atoms with Gasteiger partial charge >= 0.3 is 0 Å². The number of benzene rings is 2. The quantitative estimate of drug-likeness (QED) is 0.397. The van der Waals surface area contributed by atoms with Crippen LogP contribution >= 0.6 is 11.3 Å². The van der Waals surface area contributed by atoms with Crippen LogP contribution in [0, 0.1) is 24.2 Å². The second kappa shape index (κ2) is 8.22. The molecule has 4 nitrogen and oxygen atoms in total. The van der Waals surface area contributed by atoms with Crippen LogP contribution < -0.4 is 5.32 Å². The normalized spacial score (nSPS) is 15.2. The zero-order valence-corrected chi connectivity index (χ0v) is 18.9. The molecule has 0 spiro atoms. The molecule has 2 heterocycles. The first-order chi connectivity index (χ1) is 15.6. The molecule has 0 radical (unpaired) electrons. The first-order valence-electron chi connectivity index (χ1n) is 10.9. The highest BCUT2D eigenvalue weighted by molar-refractivity contribution is 7.16. The number of amides is 1. The van der Waals surface area contributed by atoms with E-state index in [0.717, 1.165) is 52.5 Å². The molecule has 0 saturated carbocycles. The molecule has 32 heavy (non-hydrogen) atoms. The lowest BCUT2D eigenvalue weighted by Gasteiger charge is -2.17. The topological polar surface area (TPSA) is 65.8 Å². The predicted octanol–water partition coefficient (Wildman–Crippen LogP) is 6.52. The predicted molar refractivity (Wildman–Crippen MR) is 130 cm³/mol. The van der Waals surface area contributed by atoms with Crippen LogP contribution in [0.1, 0.15) is 45.3 Å². The van der Waals surface area contributed by atoms with E-state index in [9.17, 15) is 10.1 Å². The van der Waals surface area contributed by atoms with Gasteiger partial charge in [0.2, 0.25) is 0 Å². The van der Waals surface area contributed by atoms with E-state index in [1.165, 1.54) is 4.88 Å². The van der Waals surface area contributed by atoms with Crippen molar-refractivity contribution in [2.24, 2.45) is 5.92 Å². The van der Waals surface area contributed by atoms with Crippen LogP contribution in [0.25, 0.3) is 22.2 Å². The molecule has 5 heteroatoms. The second-order valence-electron chi connectivity index (χ2n) is 8.47. The molecule has 0 bridgehead atoms. The largest absolute Gasteiger partial charge is 0.312 e. The molecule has 0 saturated heterocycles. The number of nitrogens with zero attached hydrogens (tertiary/aromatic N) is 2. The highest BCUT2D eigenvalue weighted by atomic mass is 32.1. The van der Waals surface area contributed by atoms with E-state index in [4.69, 9.17) is 4.98 Å². The number of para-hydroxylation sites is 1. The summed E-state index contributed by atoms with van der Waals surface area (Å²) >= 11 is 1.56. The van der Waals surface area contributed by atoms with Crippen molar-refractivity contribution in [3.8, 4) is 17.3 Å². The molecular formula is C27H23N3OS. The number of hydrogen-bond acceptors (Lipinski definition) is 4. The van der Waals surface area contributed by atoms with Crippen LogP contribution in [0.4, 0.5) is 5.00 Å². The fourth-order valence-corrected chi connectivity index (χ4v) is 5.96. The molecule has 158 valence electrons. The molecule has 2 aromatic heterocycles. The van der Waals surface area contributed by atoms with Crippen molar-refractivity contribution < 1.29 is 4.79 Å². The van der Waals surface area contributed by atoms with E-state index in [-0.39, 0.29) is 5.91 Å². The van der Waals surface area contributed by atoms with Crippen LogP contribution in [-0.4, -0.2) is 10.9 Å². The summed E-state index contributed by atoms with van der Waals surface area (Å²) in [6.07, 6.45) is 2.96. The maximum Gasteiger partial charge on any atom is 0.257 e. The second-order valence-corrected chi connectivity index (χ2v) is 9.57. The van der Waals surface area contributed by atoms with Crippen molar-refractivity contribution in [3.63, 3.8) is 0 Å². The molecule has 1 amide bonds. The number of pyridine rings is 1. The summed E-state index contributed by atoms with van der Waals surface area (Å²) < 4.78 is 0. The van der Waals surface area contributed by atoms with Crippen LogP contribution in [0.3, 0.4) is 0 Å². The molecule has 1 unspecified atom stereocenters. The van der Waals surface area contributed by atoms with Crippen LogP contribution in [0.5, 0.6) is 0 Å². The van der Waals surface area contributed by atoms with Crippen molar-refractivity contribution in [3.05, 3.63) is 81.7 Å². The Morgan fingerprint density at radius 1 is 1.16 bits per heavy atom. The lowest BCUT2D eigenvalue weighted by Crippen LogP contribution is -2.15. The standard InChI is InChI=1S/C27H23N3OS/c1-16-12-13-19-21(15-28)27(32-23(19)14-16)30-26(31)24-17(2)25(18-8-4-3-5-9-18)29-22-11-7-6-10-20(22)24/h3-11,16H,12-14H2,1-2H3,(H,30,31). The number of anilines is 1. The number of carbonyl (C=O) groups is 1. The number of fused-ring (bicyclic) bond motifs is 2. The molecule has 1 atom stereocenters. The highest BCUT2D eigenvalue weighted by Gasteiger charge is 2.26. The van der Waals surface area contributed by atoms with Crippen molar-refractivity contribution in [2.45, 2.75) is 33.1 Å². The number of aromatic nitrogens is 1. The summed E-state index contributed by atoms with van der Waals surface area (Å²) in [7, 11) is 0. The lowest BCUT2D eigenvalue weighted by molar-refractivity contribution is 0.102. The van der Waals surface area contributed by atoms with Gasteiger partial charge < -0.3 is 5.32 Å². The van der Waals surface area contributed by atoms with Crippen molar-refractivity contribution in [1.29, 1.82) is 5.26 Å². The van der Waals surface area contributed by atoms with Gasteiger partial charge in [0, 0.05) is 15.8 Å². The Morgan fingerprint density at radius 3 is 2.69 bits per heavy atom. The fraction of sp³-hybridized carbons (Fsp3) is 0.222. The Balaban J connectivity index is 1.62. The number of nitrogens with one attached hydrogen (secondary N) is 1. The minimum absolute atomic E-state index is 0.193. The molecule has 1 aliphatic carbocycles. The van der Waals surface area contributed by atoms with Crippen LogP contribution in [0.2, 0.25) is 0 Å². The number of carbonyl (C=O) groups excluding carboxylic acids is 1. The maximum absolute atomic E-state index is 13.6. The molecule has 0 aliphatic heterocycles. The number of rotatable bonds is 3. The van der Waals surface area contributed by atoms with Gasteiger partial charge in [-0.3, -0.25) is 4.79 Å². The minimum Gasteiger partial charge on any atom is -0.312 e. The maximum atomic E-state index is 13.6. The Morgan fingerprint density at radius 2 is 1.91 bits per heavy atom. The molecule has 4 aromatic rings. The first-order valence-corrected chi connectivity index (χ1v) is 11.7. The average molecular weight is 438 g/mol. The fourth-order valence-electron chi connectivity index (χ4n) is 4.60. The van der Waals surface area contributed by atoms with Crippen molar-refractivity contribution >= 4 is 33.1 Å². The van der Waals surface area contributed by atoms with E-state index in [1.54, 1.807) is 11.3 Å². The van der Waals surface area contributed by atoms with Crippen molar-refractivity contribution in [2.75, 3.05) is 5.32 Å². The lowest BCUT2D eigenvalue weighted by atomic mass is 9.88. The smallest absolute Gasteiger partial charge is 0.257 e. The molecule has 1 aliphatic rings. The van der Waals surface area contributed by atoms with E-state index in [0.29, 0.717) is 22.0 Å². The average Bonchev–Trinajstić information content (AvgIpc) is 3.14. The Bertz CT molecular complexity index is 1380. The summed E-state index contributed by atoms with van der Waals surface area (Å²) in [6, 6.07) is 20.0. The monoisotopic (exact) mass is 437 g/mol. The summed E-state index contributed by atoms with van der Waals surface area (Å²) in [6.45, 7) is 4.19. The number of nitriles is 1. The molecule has 0 fully saturated rings. The van der Waals surface area contributed by atoms with Gasteiger partial charge in [-0.1, -0.05) is 55.5 Å². The first kappa shape index (κ1) is 20.4. The van der Waals surface area contributed by atoms with Gasteiger partial charge in [-0.05, 0) is 49.3 Å². The SMILES string of the molecule is Cc1c(-c2ccccc2)nc2ccccc2c1C(=O)Nc1sc2c(c1C#N)CCC(C)C2. The van der Waals surface area contributed by atoms with E-state index < -0.39 is 0 Å². The number of thiophene rings is 1. The van der Waals surface area contributed by atoms with E-state index >= 15 is 0 Å². The Hall–Kier alpha value is -3.49. The zero-order valence-electron chi connectivity index (χ0n) is 18.1. The Labute approximate surface area is 191 Å². The van der Waals surface area contributed by atoms with Crippen LogP contribution in [0.15, 0.2) is 54.6 Å². The van der Waals surface area contributed by atoms with Crippen LogP contribution in [-0.2, 0) is 12.8 Å². The van der Waals surface area contributed by atoms with Gasteiger partial charge in [0.15, 0.2) is 0 Å². The Kier molecular flexibility index (Phi) is 5.24. The molecule has 1 N–H and O–H groups in total. The van der Waals surface area contributed by atoms with E-state index in [1.807, 2.05) is 61.5 Å². The molecule has 5 rings (SSSR count). The summed E-state index contributed by atoms with van der Waals surface area (Å²) in [5.41, 5.74) is 5.75. The summed E-state index contributed by atoms with van der Waals surface area (Å²) in [5, 5.41) is 14.4. The zero-order chi connectivity index (χ0) is 22.2. The third-order valence-corrected chi connectivity index (χ3v) is 7.43. The molecular weight excluding hydrogens is 414 g/mol.